The minimum atomic E-state index is -0.386. The zero-order valence-corrected chi connectivity index (χ0v) is 18.8. The zero-order chi connectivity index (χ0) is 22.0. The molecule has 1 N–H and O–H groups in total. The number of halogens is 1. The van der Waals surface area contributed by atoms with E-state index in [0.717, 1.165) is 29.3 Å². The summed E-state index contributed by atoms with van der Waals surface area (Å²) in [6.07, 6.45) is 0. The number of nitrogens with one attached hydrogen (secondary N) is 1. The second kappa shape index (κ2) is 8.96. The van der Waals surface area contributed by atoms with Gasteiger partial charge in [0.2, 0.25) is 0 Å². The lowest BCUT2D eigenvalue weighted by molar-refractivity contribution is -0.120. The number of benzene rings is 2. The number of carbonyl (C=O) groups excluding carboxylic acids is 2. The van der Waals surface area contributed by atoms with Crippen molar-refractivity contribution in [3.05, 3.63) is 81.6 Å². The van der Waals surface area contributed by atoms with Gasteiger partial charge in [-0.05, 0) is 73.8 Å². The predicted molar refractivity (Wildman–Crippen MR) is 129 cm³/mol. The van der Waals surface area contributed by atoms with Crippen molar-refractivity contribution >= 4 is 57.4 Å². The quantitative estimate of drug-likeness (QED) is 0.472. The third-order valence-corrected chi connectivity index (χ3v) is 6.34. The third-order valence-electron chi connectivity index (χ3n) is 5.20. The van der Waals surface area contributed by atoms with Crippen LogP contribution in [0.2, 0.25) is 5.02 Å². The molecule has 2 aromatic carbocycles. The molecule has 1 aromatic heterocycles. The first-order valence-electron chi connectivity index (χ1n) is 10.1. The summed E-state index contributed by atoms with van der Waals surface area (Å²) in [6.45, 7) is 6.06. The highest BCUT2D eigenvalue weighted by Gasteiger charge is 2.40. The van der Waals surface area contributed by atoms with Crippen molar-refractivity contribution < 1.29 is 9.59 Å². The fraction of sp³-hybridized carbons (Fsp3) is 0.167. The minimum Gasteiger partial charge on any atom is -0.372 e. The lowest BCUT2D eigenvalue weighted by atomic mass is 10.1. The topological polar surface area (TPSA) is 52.7 Å². The largest absolute Gasteiger partial charge is 0.372 e. The van der Waals surface area contributed by atoms with E-state index in [1.54, 1.807) is 24.3 Å². The molecule has 0 atom stereocenters. The number of anilines is 3. The maximum atomic E-state index is 13.3. The summed E-state index contributed by atoms with van der Waals surface area (Å²) in [5.74, 6) is -0.736. The van der Waals surface area contributed by atoms with Crippen LogP contribution in [0.3, 0.4) is 0 Å². The second-order valence-corrected chi connectivity index (χ2v) is 8.38. The molecule has 0 spiro atoms. The number of rotatable bonds is 7. The summed E-state index contributed by atoms with van der Waals surface area (Å²) < 4.78 is 0. The Morgan fingerprint density at radius 2 is 1.61 bits per heavy atom. The van der Waals surface area contributed by atoms with Crippen molar-refractivity contribution in [2.45, 2.75) is 13.8 Å². The molecule has 31 heavy (non-hydrogen) atoms. The van der Waals surface area contributed by atoms with Crippen LogP contribution in [0, 0.1) is 0 Å². The van der Waals surface area contributed by atoms with Crippen LogP contribution in [0.4, 0.5) is 17.1 Å². The number of hydrogen-bond acceptors (Lipinski definition) is 5. The predicted octanol–water partition coefficient (Wildman–Crippen LogP) is 5.64. The molecular formula is C24H22ClN3O2S. The second-order valence-electron chi connectivity index (χ2n) is 6.99. The smallest absolute Gasteiger partial charge is 0.282 e. The van der Waals surface area contributed by atoms with Gasteiger partial charge < -0.3 is 10.2 Å². The lowest BCUT2D eigenvalue weighted by Gasteiger charge is -2.21. The Morgan fingerprint density at radius 1 is 0.935 bits per heavy atom. The van der Waals surface area contributed by atoms with Crippen molar-refractivity contribution in [1.29, 1.82) is 0 Å². The monoisotopic (exact) mass is 451 g/mol. The van der Waals surface area contributed by atoms with E-state index in [1.807, 2.05) is 41.8 Å². The molecule has 0 saturated heterocycles. The molecule has 0 radical (unpaired) electrons. The standard InChI is InChI=1S/C24H22ClN3O2S/c1-3-27(4-2)18-13-9-17(10-14-18)26-22-21(20-6-5-15-31-20)23(29)28(24(22)30)19-11-7-16(25)8-12-19/h5-15,26H,3-4H2,1-2H3. The molecule has 1 aliphatic rings. The number of thiophene rings is 1. The molecule has 4 rings (SSSR count). The van der Waals surface area contributed by atoms with Gasteiger partial charge in [0.05, 0.1) is 11.3 Å². The van der Waals surface area contributed by atoms with Crippen molar-refractivity contribution in [3.8, 4) is 0 Å². The van der Waals surface area contributed by atoms with E-state index in [9.17, 15) is 9.59 Å². The van der Waals surface area contributed by atoms with Gasteiger partial charge in [0, 0.05) is 34.4 Å². The maximum absolute atomic E-state index is 13.3. The fourth-order valence-electron chi connectivity index (χ4n) is 3.61. The molecule has 0 aliphatic carbocycles. The first-order chi connectivity index (χ1) is 15.0. The van der Waals surface area contributed by atoms with Gasteiger partial charge in [0.25, 0.3) is 11.8 Å². The molecule has 0 unspecified atom stereocenters. The number of imide groups is 1. The first kappa shape index (κ1) is 21.2. The van der Waals surface area contributed by atoms with Gasteiger partial charge in [-0.15, -0.1) is 11.3 Å². The summed E-state index contributed by atoms with van der Waals surface area (Å²) in [4.78, 5) is 30.8. The minimum absolute atomic E-state index is 0.276. The Kier molecular flexibility index (Phi) is 6.11. The van der Waals surface area contributed by atoms with Gasteiger partial charge in [0.1, 0.15) is 5.70 Å². The first-order valence-corrected chi connectivity index (χ1v) is 11.3. The molecule has 0 saturated carbocycles. The van der Waals surface area contributed by atoms with Crippen LogP contribution in [0.1, 0.15) is 18.7 Å². The SMILES string of the molecule is CCN(CC)c1ccc(NC2=C(c3cccs3)C(=O)N(c3ccc(Cl)cc3)C2=O)cc1. The van der Waals surface area contributed by atoms with Crippen LogP contribution >= 0.6 is 22.9 Å². The highest BCUT2D eigenvalue weighted by Crippen LogP contribution is 2.36. The molecule has 3 aromatic rings. The van der Waals surface area contributed by atoms with Gasteiger partial charge in [-0.1, -0.05) is 17.7 Å². The van der Waals surface area contributed by atoms with Crippen molar-refractivity contribution in [1.82, 2.24) is 0 Å². The molecule has 2 heterocycles. The van der Waals surface area contributed by atoms with Gasteiger partial charge in [-0.2, -0.15) is 0 Å². The summed E-state index contributed by atoms with van der Waals surface area (Å²) in [7, 11) is 0. The summed E-state index contributed by atoms with van der Waals surface area (Å²) in [6, 6.07) is 18.3. The fourth-order valence-corrected chi connectivity index (χ4v) is 4.50. The Hall–Kier alpha value is -3.09. The lowest BCUT2D eigenvalue weighted by Crippen LogP contribution is -2.32. The number of nitrogens with zero attached hydrogens (tertiary/aromatic N) is 2. The Balaban J connectivity index is 1.70. The Labute approximate surface area is 190 Å². The van der Waals surface area contributed by atoms with Crippen LogP contribution in [0.5, 0.6) is 0 Å². The zero-order valence-electron chi connectivity index (χ0n) is 17.3. The van der Waals surface area contributed by atoms with Crippen LogP contribution < -0.4 is 15.1 Å². The maximum Gasteiger partial charge on any atom is 0.282 e. The van der Waals surface area contributed by atoms with Gasteiger partial charge in [0.15, 0.2) is 0 Å². The summed E-state index contributed by atoms with van der Waals surface area (Å²) in [5, 5.41) is 5.64. The van der Waals surface area contributed by atoms with E-state index in [4.69, 9.17) is 11.6 Å². The molecule has 7 heteroatoms. The molecular weight excluding hydrogens is 430 g/mol. The molecule has 1 aliphatic heterocycles. The molecule has 5 nitrogen and oxygen atoms in total. The highest BCUT2D eigenvalue weighted by molar-refractivity contribution is 7.11. The molecule has 0 fully saturated rings. The number of carbonyl (C=O) groups is 2. The van der Waals surface area contributed by atoms with Crippen molar-refractivity contribution in [2.75, 3.05) is 28.2 Å². The number of amides is 2. The van der Waals surface area contributed by atoms with Crippen LogP contribution in [-0.2, 0) is 9.59 Å². The van der Waals surface area contributed by atoms with Crippen LogP contribution in [0.15, 0.2) is 71.7 Å². The molecule has 158 valence electrons. The van der Waals surface area contributed by atoms with E-state index in [1.165, 1.54) is 16.2 Å². The summed E-state index contributed by atoms with van der Waals surface area (Å²) >= 11 is 7.41. The normalized spacial score (nSPS) is 13.8. The van der Waals surface area contributed by atoms with Crippen molar-refractivity contribution in [2.24, 2.45) is 0 Å². The third kappa shape index (κ3) is 4.09. The summed E-state index contributed by atoms with van der Waals surface area (Å²) in [5.41, 5.74) is 3.00. The highest BCUT2D eigenvalue weighted by atomic mass is 35.5. The van der Waals surface area contributed by atoms with Crippen LogP contribution in [0.25, 0.3) is 5.57 Å². The van der Waals surface area contributed by atoms with E-state index < -0.39 is 0 Å². The Morgan fingerprint density at radius 3 is 2.19 bits per heavy atom. The number of hydrogen-bond donors (Lipinski definition) is 1. The average molecular weight is 452 g/mol. The van der Waals surface area contributed by atoms with Crippen molar-refractivity contribution in [3.63, 3.8) is 0 Å². The average Bonchev–Trinajstić information content (AvgIpc) is 3.38. The molecule has 2 amide bonds. The van der Waals surface area contributed by atoms with Gasteiger partial charge >= 0.3 is 0 Å². The van der Waals surface area contributed by atoms with E-state index in [0.29, 0.717) is 16.3 Å². The van der Waals surface area contributed by atoms with E-state index in [2.05, 4.69) is 24.1 Å². The Bertz CT molecular complexity index is 1120. The van der Waals surface area contributed by atoms with Gasteiger partial charge in [-0.25, -0.2) is 4.90 Å². The molecule has 0 bridgehead atoms. The van der Waals surface area contributed by atoms with E-state index >= 15 is 0 Å². The van der Waals surface area contributed by atoms with E-state index in [-0.39, 0.29) is 17.5 Å². The van der Waals surface area contributed by atoms with Gasteiger partial charge in [-0.3, -0.25) is 9.59 Å². The van der Waals surface area contributed by atoms with Crippen LogP contribution in [-0.4, -0.2) is 24.9 Å².